The fraction of sp³-hybridized carbons (Fsp3) is 0.850. The summed E-state index contributed by atoms with van der Waals surface area (Å²) < 4.78 is 5.85. The summed E-state index contributed by atoms with van der Waals surface area (Å²) in [6, 6.07) is 0. The molecule has 0 aromatic carbocycles. The lowest BCUT2D eigenvalue weighted by atomic mass is 9.39. The third kappa shape index (κ3) is 1.47. The molecule has 5 fully saturated rings. The zero-order valence-electron chi connectivity index (χ0n) is 15.5. The molecule has 2 spiro atoms. The van der Waals surface area contributed by atoms with Crippen molar-refractivity contribution in [2.45, 2.75) is 64.1 Å². The van der Waals surface area contributed by atoms with Crippen LogP contribution in [0.25, 0.3) is 0 Å². The maximum atomic E-state index is 13.4. The first-order valence-electron chi connectivity index (χ1n) is 9.72. The Labute approximate surface area is 152 Å². The first-order valence-corrected chi connectivity index (χ1v) is 9.72. The Morgan fingerprint density at radius 2 is 1.92 bits per heavy atom. The van der Waals surface area contributed by atoms with Crippen molar-refractivity contribution in [1.29, 1.82) is 0 Å². The van der Waals surface area contributed by atoms with E-state index in [2.05, 4.69) is 0 Å². The number of rotatable bonds is 0. The van der Waals surface area contributed by atoms with Gasteiger partial charge in [0.05, 0.1) is 18.8 Å². The fourth-order valence-corrected chi connectivity index (χ4v) is 7.44. The van der Waals surface area contributed by atoms with E-state index in [4.69, 9.17) is 4.74 Å². The molecule has 4 N–H and O–H groups in total. The predicted octanol–water partition coefficient (Wildman–Crippen LogP) is 0.376. The molecule has 4 bridgehead atoms. The van der Waals surface area contributed by atoms with Gasteiger partial charge in [0.15, 0.2) is 5.78 Å². The summed E-state index contributed by atoms with van der Waals surface area (Å²) in [5, 5.41) is 44.7. The molecule has 3 saturated carbocycles. The van der Waals surface area contributed by atoms with E-state index in [-0.39, 0.29) is 30.1 Å². The molecule has 6 aliphatic rings. The Hall–Kier alpha value is -0.790. The molecule has 0 unspecified atom stereocenters. The highest BCUT2D eigenvalue weighted by molar-refractivity contribution is 5.95. The Kier molecular flexibility index (Phi) is 3.07. The molecule has 6 heteroatoms. The Bertz CT molecular complexity index is 730. The first kappa shape index (κ1) is 17.3. The van der Waals surface area contributed by atoms with Gasteiger partial charge in [-0.15, -0.1) is 0 Å². The number of carbonyl (C=O) groups excluding carboxylic acids is 1. The number of ether oxygens (including phenoxy) is 1. The average Bonchev–Trinajstić information content (AvgIpc) is 2.80. The van der Waals surface area contributed by atoms with Crippen LogP contribution < -0.4 is 0 Å². The van der Waals surface area contributed by atoms with Crippen LogP contribution >= 0.6 is 0 Å². The van der Waals surface area contributed by atoms with E-state index in [9.17, 15) is 25.2 Å². The number of carbonyl (C=O) groups is 1. The van der Waals surface area contributed by atoms with Gasteiger partial charge in [0.2, 0.25) is 5.79 Å². The number of ketones is 1. The van der Waals surface area contributed by atoms with Gasteiger partial charge < -0.3 is 25.2 Å². The maximum Gasteiger partial charge on any atom is 0.209 e. The lowest BCUT2D eigenvalue weighted by Gasteiger charge is -2.72. The molecular formula is C20H28O6. The minimum absolute atomic E-state index is 0.0580. The SMILES string of the molecule is C[C@H]1C(=O)[C@]23C[C@H]1[C@@H](O)C=C2[C@@]12CO[C@]3(O)[C@@H](O)[C@@H]1C(C)(C)CC[C@@H]2O. The van der Waals surface area contributed by atoms with Crippen LogP contribution in [0.3, 0.4) is 0 Å². The van der Waals surface area contributed by atoms with Crippen LogP contribution in [0.1, 0.15) is 40.0 Å². The standard InChI is InChI=1S/C20H28O6/c1-9-10-7-19(15(9)23)12(6-11(10)21)18-8-26-20(19,25)16(24)14(18)17(2,3)5-4-13(18)22/h6,9-11,13-14,16,21-22,24-25H,4-5,7-8H2,1-3H3/t9-,10-,11+,13+,14-,16+,18-,19+,20-/m1/s1. The van der Waals surface area contributed by atoms with Gasteiger partial charge >= 0.3 is 0 Å². The zero-order chi connectivity index (χ0) is 18.9. The summed E-state index contributed by atoms with van der Waals surface area (Å²) in [5.41, 5.74) is -2.03. The van der Waals surface area contributed by atoms with Crippen molar-refractivity contribution in [2.75, 3.05) is 6.61 Å². The van der Waals surface area contributed by atoms with Gasteiger partial charge in [-0.05, 0) is 36.2 Å². The molecule has 6 nitrogen and oxygen atoms in total. The number of aliphatic hydroxyl groups excluding tert-OH is 3. The smallest absolute Gasteiger partial charge is 0.209 e. The van der Waals surface area contributed by atoms with Crippen molar-refractivity contribution >= 4 is 5.78 Å². The summed E-state index contributed by atoms with van der Waals surface area (Å²) >= 11 is 0. The third-order valence-corrected chi connectivity index (χ3v) is 8.67. The molecule has 144 valence electrons. The van der Waals surface area contributed by atoms with Gasteiger partial charge in [0.1, 0.15) is 11.5 Å². The van der Waals surface area contributed by atoms with Gasteiger partial charge in [0.25, 0.3) is 0 Å². The van der Waals surface area contributed by atoms with Crippen LogP contribution in [0.2, 0.25) is 0 Å². The van der Waals surface area contributed by atoms with Gasteiger partial charge in [-0.3, -0.25) is 4.79 Å². The fourth-order valence-electron chi connectivity index (χ4n) is 7.44. The normalized spacial score (nSPS) is 59.7. The van der Waals surface area contributed by atoms with Crippen molar-refractivity contribution in [1.82, 2.24) is 0 Å². The molecule has 2 heterocycles. The predicted molar refractivity (Wildman–Crippen MR) is 90.7 cm³/mol. The van der Waals surface area contributed by atoms with Gasteiger partial charge in [-0.25, -0.2) is 0 Å². The second-order valence-corrected chi connectivity index (χ2v) is 9.99. The van der Waals surface area contributed by atoms with Crippen molar-refractivity contribution in [2.24, 2.45) is 34.0 Å². The molecule has 26 heavy (non-hydrogen) atoms. The van der Waals surface area contributed by atoms with Crippen molar-refractivity contribution in [3.63, 3.8) is 0 Å². The van der Waals surface area contributed by atoms with E-state index in [0.717, 1.165) is 0 Å². The second-order valence-electron chi connectivity index (χ2n) is 9.99. The number of Topliss-reactive ketones (excluding diaryl/α,β-unsaturated/α-hetero) is 1. The number of fused-ring (bicyclic) bond motifs is 2. The molecule has 0 aromatic rings. The zero-order valence-corrected chi connectivity index (χ0v) is 15.5. The van der Waals surface area contributed by atoms with E-state index < -0.39 is 46.8 Å². The summed E-state index contributed by atoms with van der Waals surface area (Å²) in [6.45, 7) is 5.90. The Morgan fingerprint density at radius 3 is 2.62 bits per heavy atom. The molecule has 2 saturated heterocycles. The summed E-state index contributed by atoms with van der Waals surface area (Å²) in [4.78, 5) is 13.4. The summed E-state index contributed by atoms with van der Waals surface area (Å²) in [6.07, 6.45) is 0.381. The number of hydrogen-bond donors (Lipinski definition) is 4. The molecule has 0 amide bonds. The van der Waals surface area contributed by atoms with E-state index in [0.29, 0.717) is 18.4 Å². The lowest BCUT2D eigenvalue weighted by molar-refractivity contribution is -0.403. The Morgan fingerprint density at radius 1 is 1.23 bits per heavy atom. The molecule has 0 aromatic heterocycles. The highest BCUT2D eigenvalue weighted by Crippen LogP contribution is 2.75. The van der Waals surface area contributed by atoms with E-state index in [1.807, 2.05) is 13.8 Å². The highest BCUT2D eigenvalue weighted by Gasteiger charge is 2.83. The van der Waals surface area contributed by atoms with Crippen LogP contribution in [0, 0.1) is 34.0 Å². The van der Waals surface area contributed by atoms with E-state index in [1.165, 1.54) is 0 Å². The molecule has 0 radical (unpaired) electrons. The minimum atomic E-state index is -2.00. The second kappa shape index (κ2) is 4.61. The molecule has 9 atom stereocenters. The van der Waals surface area contributed by atoms with E-state index >= 15 is 0 Å². The monoisotopic (exact) mass is 364 g/mol. The minimum Gasteiger partial charge on any atom is -0.392 e. The van der Waals surface area contributed by atoms with Crippen LogP contribution in [0.4, 0.5) is 0 Å². The third-order valence-electron chi connectivity index (χ3n) is 8.67. The van der Waals surface area contributed by atoms with Gasteiger partial charge in [0, 0.05) is 17.3 Å². The van der Waals surface area contributed by atoms with Crippen LogP contribution in [-0.4, -0.2) is 56.9 Å². The quantitative estimate of drug-likeness (QED) is 0.463. The summed E-state index contributed by atoms with van der Waals surface area (Å²) in [7, 11) is 0. The lowest BCUT2D eigenvalue weighted by Crippen LogP contribution is -2.81. The molecule has 6 rings (SSSR count). The molecule has 4 aliphatic carbocycles. The first-order chi connectivity index (χ1) is 12.0. The van der Waals surface area contributed by atoms with Crippen molar-refractivity contribution < 1.29 is 30.0 Å². The van der Waals surface area contributed by atoms with Crippen LogP contribution in [0.15, 0.2) is 11.6 Å². The summed E-state index contributed by atoms with van der Waals surface area (Å²) in [5.74, 6) is -3.35. The average molecular weight is 364 g/mol. The van der Waals surface area contributed by atoms with E-state index in [1.54, 1.807) is 13.0 Å². The maximum absolute atomic E-state index is 13.4. The van der Waals surface area contributed by atoms with Crippen LogP contribution in [-0.2, 0) is 9.53 Å². The highest BCUT2D eigenvalue weighted by atomic mass is 16.6. The molecular weight excluding hydrogens is 336 g/mol. The Balaban J connectivity index is 1.83. The van der Waals surface area contributed by atoms with Gasteiger partial charge in [-0.1, -0.05) is 26.8 Å². The number of hydrogen-bond acceptors (Lipinski definition) is 6. The number of aliphatic hydroxyl groups is 4. The van der Waals surface area contributed by atoms with Gasteiger partial charge in [-0.2, -0.15) is 0 Å². The largest absolute Gasteiger partial charge is 0.392 e. The van der Waals surface area contributed by atoms with Crippen LogP contribution in [0.5, 0.6) is 0 Å². The van der Waals surface area contributed by atoms with Crippen molar-refractivity contribution in [3.05, 3.63) is 11.6 Å². The van der Waals surface area contributed by atoms with Crippen molar-refractivity contribution in [3.8, 4) is 0 Å². The molecule has 2 aliphatic heterocycles. The topological polar surface area (TPSA) is 107 Å².